The van der Waals surface area contributed by atoms with Crippen LogP contribution < -0.4 is 0 Å². The molecule has 3 rings (SSSR count). The van der Waals surface area contributed by atoms with Crippen LogP contribution in [0.1, 0.15) is 37.4 Å². The van der Waals surface area contributed by atoms with Crippen LogP contribution in [0, 0.1) is 5.82 Å². The van der Waals surface area contributed by atoms with Gasteiger partial charge in [-0.1, -0.05) is 23.7 Å². The maximum absolute atomic E-state index is 13.9. The number of ketones is 1. The molecule has 1 N–H and O–H groups in total. The van der Waals surface area contributed by atoms with Crippen molar-refractivity contribution >= 4 is 29.1 Å². The van der Waals surface area contributed by atoms with Gasteiger partial charge in [-0.2, -0.15) is 0 Å². The Morgan fingerprint density at radius 2 is 1.90 bits per heavy atom. The molecule has 1 aliphatic heterocycles. The molecule has 0 aromatic heterocycles. The fourth-order valence-electron chi connectivity index (χ4n) is 3.45. The molecule has 0 radical (unpaired) electrons. The van der Waals surface area contributed by atoms with E-state index in [1.807, 2.05) is 13.8 Å². The number of likely N-dealkylation sites (tertiary alicyclic amines) is 1. The molecule has 1 heterocycles. The van der Waals surface area contributed by atoms with Crippen LogP contribution in [-0.2, 0) is 14.3 Å². The maximum atomic E-state index is 13.9. The number of amides is 1. The first kappa shape index (κ1) is 22.0. The van der Waals surface area contributed by atoms with Gasteiger partial charge in [0.15, 0.2) is 0 Å². The van der Waals surface area contributed by atoms with Crippen molar-refractivity contribution in [2.24, 2.45) is 0 Å². The number of nitrogens with zero attached hydrogens (tertiary/aromatic N) is 1. The number of halogens is 2. The van der Waals surface area contributed by atoms with E-state index in [9.17, 15) is 19.1 Å². The molecule has 5 nitrogen and oxygen atoms in total. The van der Waals surface area contributed by atoms with Crippen LogP contribution in [0.3, 0.4) is 0 Å². The number of hydrogen-bond donors (Lipinski definition) is 1. The second-order valence-electron chi connectivity index (χ2n) is 7.33. The Bertz CT molecular complexity index is 971. The predicted octanol–water partition coefficient (Wildman–Crippen LogP) is 4.72. The minimum atomic E-state index is -0.893. The number of carbonyl (C=O) groups is 2. The molecule has 0 bridgehead atoms. The van der Waals surface area contributed by atoms with E-state index in [-0.39, 0.29) is 24.0 Å². The van der Waals surface area contributed by atoms with Crippen molar-refractivity contribution in [2.75, 3.05) is 13.2 Å². The number of aliphatic hydroxyl groups is 1. The predicted molar refractivity (Wildman–Crippen MR) is 113 cm³/mol. The van der Waals surface area contributed by atoms with Gasteiger partial charge in [0, 0.05) is 23.7 Å². The van der Waals surface area contributed by atoms with Gasteiger partial charge in [-0.25, -0.2) is 4.39 Å². The number of benzene rings is 2. The number of carbonyl (C=O) groups excluding carboxylic acids is 2. The Morgan fingerprint density at radius 3 is 2.53 bits per heavy atom. The van der Waals surface area contributed by atoms with E-state index in [4.69, 9.17) is 16.3 Å². The lowest BCUT2D eigenvalue weighted by Gasteiger charge is -2.25. The van der Waals surface area contributed by atoms with E-state index in [2.05, 4.69) is 0 Å². The molecule has 2 aromatic carbocycles. The molecule has 0 unspecified atom stereocenters. The first-order valence-corrected chi connectivity index (χ1v) is 10.1. The third-order valence-corrected chi connectivity index (χ3v) is 5.07. The van der Waals surface area contributed by atoms with Gasteiger partial charge in [-0.3, -0.25) is 9.59 Å². The minimum Gasteiger partial charge on any atom is -0.507 e. The first-order chi connectivity index (χ1) is 14.3. The zero-order valence-corrected chi connectivity index (χ0v) is 17.5. The van der Waals surface area contributed by atoms with Crippen LogP contribution >= 0.6 is 11.6 Å². The number of aliphatic hydroxyl groups excluding tert-OH is 1. The normalized spacial score (nSPS) is 18.4. The summed E-state index contributed by atoms with van der Waals surface area (Å²) in [5.41, 5.74) is 0.689. The Kier molecular flexibility index (Phi) is 6.90. The first-order valence-electron chi connectivity index (χ1n) is 9.71. The molecule has 1 saturated heterocycles. The summed E-state index contributed by atoms with van der Waals surface area (Å²) in [5.74, 6) is -2.35. The van der Waals surface area contributed by atoms with Crippen molar-refractivity contribution in [1.29, 1.82) is 0 Å². The third kappa shape index (κ3) is 4.71. The molecule has 7 heteroatoms. The fraction of sp³-hybridized carbons (Fsp3) is 0.304. The smallest absolute Gasteiger partial charge is 0.295 e. The zero-order valence-electron chi connectivity index (χ0n) is 16.8. The van der Waals surface area contributed by atoms with Gasteiger partial charge >= 0.3 is 0 Å². The van der Waals surface area contributed by atoms with Gasteiger partial charge < -0.3 is 14.7 Å². The van der Waals surface area contributed by atoms with Crippen LogP contribution in [0.4, 0.5) is 4.39 Å². The van der Waals surface area contributed by atoms with Crippen LogP contribution in [0.2, 0.25) is 5.02 Å². The zero-order chi connectivity index (χ0) is 21.8. The molecular formula is C23H23ClFNO4. The van der Waals surface area contributed by atoms with Crippen LogP contribution in [-0.4, -0.2) is 41.0 Å². The SMILES string of the molecule is CC(C)OCCCN1C(=O)C(=O)C(=C(O)c2ccc(Cl)cc2)[C@H]1c1cccc(F)c1. The molecule has 0 spiro atoms. The molecule has 0 saturated carbocycles. The lowest BCUT2D eigenvalue weighted by Crippen LogP contribution is -2.31. The third-order valence-electron chi connectivity index (χ3n) is 4.82. The Hall–Kier alpha value is -2.70. The quantitative estimate of drug-likeness (QED) is 0.298. The number of hydrogen-bond acceptors (Lipinski definition) is 4. The highest BCUT2D eigenvalue weighted by atomic mass is 35.5. The number of rotatable bonds is 7. The monoisotopic (exact) mass is 431 g/mol. The average molecular weight is 432 g/mol. The highest BCUT2D eigenvalue weighted by Crippen LogP contribution is 2.39. The highest BCUT2D eigenvalue weighted by molar-refractivity contribution is 6.46. The topological polar surface area (TPSA) is 66.8 Å². The van der Waals surface area contributed by atoms with Crippen LogP contribution in [0.5, 0.6) is 0 Å². The Morgan fingerprint density at radius 1 is 1.20 bits per heavy atom. The second-order valence-corrected chi connectivity index (χ2v) is 7.76. The van der Waals surface area contributed by atoms with Gasteiger partial charge in [-0.05, 0) is 62.2 Å². The van der Waals surface area contributed by atoms with E-state index in [0.717, 1.165) is 0 Å². The summed E-state index contributed by atoms with van der Waals surface area (Å²) in [7, 11) is 0. The Balaban J connectivity index is 2.03. The van der Waals surface area contributed by atoms with E-state index in [1.54, 1.807) is 30.3 Å². The van der Waals surface area contributed by atoms with Gasteiger partial charge in [0.1, 0.15) is 11.6 Å². The molecule has 1 atom stereocenters. The maximum Gasteiger partial charge on any atom is 0.295 e. The van der Waals surface area contributed by atoms with Gasteiger partial charge in [-0.15, -0.1) is 0 Å². The molecule has 1 fully saturated rings. The standard InChI is InChI=1S/C23H23ClFNO4/c1-14(2)30-12-4-11-26-20(16-5-3-6-18(25)13-16)19(22(28)23(26)29)21(27)15-7-9-17(24)10-8-15/h3,5-10,13-14,20,27H,4,11-12H2,1-2H3/t20-/m1/s1. The lowest BCUT2D eigenvalue weighted by atomic mass is 9.95. The van der Waals surface area contributed by atoms with Crippen LogP contribution in [0.15, 0.2) is 54.1 Å². The van der Waals surface area contributed by atoms with E-state index in [0.29, 0.717) is 29.2 Å². The van der Waals surface area contributed by atoms with Gasteiger partial charge in [0.25, 0.3) is 11.7 Å². The van der Waals surface area contributed by atoms with Crippen molar-refractivity contribution in [3.8, 4) is 0 Å². The van der Waals surface area contributed by atoms with Crippen molar-refractivity contribution in [1.82, 2.24) is 4.90 Å². The minimum absolute atomic E-state index is 0.0457. The summed E-state index contributed by atoms with van der Waals surface area (Å²) in [5, 5.41) is 11.4. The summed E-state index contributed by atoms with van der Waals surface area (Å²) < 4.78 is 19.5. The largest absolute Gasteiger partial charge is 0.507 e. The average Bonchev–Trinajstić information content (AvgIpc) is 2.96. The molecule has 158 valence electrons. The summed E-state index contributed by atoms with van der Waals surface area (Å²) in [6.07, 6.45) is 0.544. The van der Waals surface area contributed by atoms with Crippen LogP contribution in [0.25, 0.3) is 5.76 Å². The van der Waals surface area contributed by atoms with E-state index >= 15 is 0 Å². The molecule has 1 amide bonds. The fourth-order valence-corrected chi connectivity index (χ4v) is 3.58. The number of ether oxygens (including phenoxy) is 1. The number of Topliss-reactive ketones (excluding diaryl/α,β-unsaturated/α-hetero) is 1. The molecule has 2 aromatic rings. The van der Waals surface area contributed by atoms with Crippen molar-refractivity contribution in [3.63, 3.8) is 0 Å². The summed E-state index contributed by atoms with van der Waals surface area (Å²) >= 11 is 5.91. The van der Waals surface area contributed by atoms with Gasteiger partial charge in [0.05, 0.1) is 17.7 Å². The van der Waals surface area contributed by atoms with E-state index in [1.165, 1.54) is 23.1 Å². The van der Waals surface area contributed by atoms with Crippen molar-refractivity contribution < 1.29 is 23.8 Å². The Labute approximate surface area is 179 Å². The van der Waals surface area contributed by atoms with Crippen molar-refractivity contribution in [2.45, 2.75) is 32.4 Å². The summed E-state index contributed by atoms with van der Waals surface area (Å²) in [6.45, 7) is 4.46. The lowest BCUT2D eigenvalue weighted by molar-refractivity contribution is -0.140. The molecular weight excluding hydrogens is 409 g/mol. The molecule has 1 aliphatic rings. The molecule has 30 heavy (non-hydrogen) atoms. The van der Waals surface area contributed by atoms with Crippen molar-refractivity contribution in [3.05, 3.63) is 76.1 Å². The van der Waals surface area contributed by atoms with Gasteiger partial charge in [0.2, 0.25) is 0 Å². The summed E-state index contributed by atoms with van der Waals surface area (Å²) in [4.78, 5) is 27.0. The highest BCUT2D eigenvalue weighted by Gasteiger charge is 2.45. The van der Waals surface area contributed by atoms with E-state index < -0.39 is 23.5 Å². The molecule has 0 aliphatic carbocycles. The second kappa shape index (κ2) is 9.41. The summed E-state index contributed by atoms with van der Waals surface area (Å²) in [6, 6.07) is 11.1.